The topological polar surface area (TPSA) is 68.8 Å². The summed E-state index contributed by atoms with van der Waals surface area (Å²) in [6, 6.07) is 12.9. The standard InChI is InChI=1S/C23H28F3N5O.HI/c1-27-21(32)18-5-3-4-17(12-18)13-29-22(28-2)30-20-10-11-31(15-20)14-16-6-8-19(9-7-16)23(24,25)26;/h3-9,12,20H,10-11,13-15H2,1-2H3,(H,27,32)(H2,28,29,30);1H. The molecule has 1 unspecified atom stereocenters. The highest BCUT2D eigenvalue weighted by molar-refractivity contribution is 14.0. The van der Waals surface area contributed by atoms with Crippen LogP contribution in [-0.2, 0) is 19.3 Å². The fraction of sp³-hybridized carbons (Fsp3) is 0.391. The van der Waals surface area contributed by atoms with E-state index in [0.717, 1.165) is 42.8 Å². The minimum Gasteiger partial charge on any atom is -0.355 e. The zero-order valence-electron chi connectivity index (χ0n) is 18.6. The van der Waals surface area contributed by atoms with Crippen LogP contribution in [0.25, 0.3) is 0 Å². The maximum absolute atomic E-state index is 12.7. The third kappa shape index (κ3) is 7.88. The number of alkyl halides is 3. The summed E-state index contributed by atoms with van der Waals surface area (Å²) >= 11 is 0. The van der Waals surface area contributed by atoms with Crippen molar-refractivity contribution in [3.63, 3.8) is 0 Å². The van der Waals surface area contributed by atoms with Crippen molar-refractivity contribution in [1.82, 2.24) is 20.9 Å². The molecule has 1 saturated heterocycles. The molecule has 3 N–H and O–H groups in total. The van der Waals surface area contributed by atoms with E-state index in [2.05, 4.69) is 25.8 Å². The van der Waals surface area contributed by atoms with Crippen LogP contribution in [0.5, 0.6) is 0 Å². The Morgan fingerprint density at radius 1 is 1.15 bits per heavy atom. The molecule has 1 amide bonds. The number of likely N-dealkylation sites (tertiary alicyclic amines) is 1. The van der Waals surface area contributed by atoms with Gasteiger partial charge in [0, 0.05) is 51.9 Å². The second kappa shape index (κ2) is 12.2. The van der Waals surface area contributed by atoms with Gasteiger partial charge in [-0.1, -0.05) is 24.3 Å². The summed E-state index contributed by atoms with van der Waals surface area (Å²) in [5, 5.41) is 9.28. The SMILES string of the molecule is CN=C(NCc1cccc(C(=O)NC)c1)NC1CCN(Cc2ccc(C(F)(F)F)cc2)C1.I. The fourth-order valence-electron chi connectivity index (χ4n) is 3.69. The molecule has 180 valence electrons. The Kier molecular flexibility index (Phi) is 9.96. The third-order valence-corrected chi connectivity index (χ3v) is 5.40. The number of nitrogens with zero attached hydrogens (tertiary/aromatic N) is 2. The monoisotopic (exact) mass is 575 g/mol. The van der Waals surface area contributed by atoms with Crippen molar-refractivity contribution in [2.75, 3.05) is 27.2 Å². The summed E-state index contributed by atoms with van der Waals surface area (Å²) in [6.07, 6.45) is -3.40. The quantitative estimate of drug-likeness (QED) is 0.280. The molecule has 1 aliphatic rings. The Labute approximate surface area is 209 Å². The van der Waals surface area contributed by atoms with Crippen molar-refractivity contribution >= 4 is 35.8 Å². The number of benzene rings is 2. The van der Waals surface area contributed by atoms with Crippen molar-refractivity contribution in [1.29, 1.82) is 0 Å². The van der Waals surface area contributed by atoms with Crippen molar-refractivity contribution in [3.05, 3.63) is 70.8 Å². The Balaban J connectivity index is 0.00000385. The molecule has 0 saturated carbocycles. The number of rotatable bonds is 6. The molecule has 2 aromatic carbocycles. The number of amides is 1. The molecule has 1 atom stereocenters. The molecule has 1 fully saturated rings. The van der Waals surface area contributed by atoms with E-state index in [1.807, 2.05) is 18.2 Å². The molecule has 2 aromatic rings. The maximum atomic E-state index is 12.7. The number of halogens is 4. The van der Waals surface area contributed by atoms with E-state index in [4.69, 9.17) is 0 Å². The van der Waals surface area contributed by atoms with Gasteiger partial charge in [-0.05, 0) is 41.8 Å². The first-order chi connectivity index (χ1) is 15.3. The summed E-state index contributed by atoms with van der Waals surface area (Å²) in [6.45, 7) is 2.75. The molecule has 0 radical (unpaired) electrons. The fourth-order valence-corrected chi connectivity index (χ4v) is 3.69. The predicted molar refractivity (Wildman–Crippen MR) is 134 cm³/mol. The lowest BCUT2D eigenvalue weighted by atomic mass is 10.1. The van der Waals surface area contributed by atoms with Crippen molar-refractivity contribution in [3.8, 4) is 0 Å². The van der Waals surface area contributed by atoms with Gasteiger partial charge in [0.1, 0.15) is 0 Å². The average molecular weight is 575 g/mol. The highest BCUT2D eigenvalue weighted by Gasteiger charge is 2.30. The van der Waals surface area contributed by atoms with E-state index >= 15 is 0 Å². The second-order valence-electron chi connectivity index (χ2n) is 7.77. The molecule has 0 aromatic heterocycles. The molecule has 1 heterocycles. The summed E-state index contributed by atoms with van der Waals surface area (Å²) in [4.78, 5) is 18.3. The lowest BCUT2D eigenvalue weighted by Crippen LogP contribution is -2.44. The van der Waals surface area contributed by atoms with Gasteiger partial charge in [-0.25, -0.2) is 0 Å². The Morgan fingerprint density at radius 3 is 2.52 bits per heavy atom. The molecule has 1 aliphatic heterocycles. The molecule has 10 heteroatoms. The Hall–Kier alpha value is -2.34. The van der Waals surface area contributed by atoms with E-state index in [-0.39, 0.29) is 35.9 Å². The summed E-state index contributed by atoms with van der Waals surface area (Å²) in [5.41, 5.74) is 1.80. The number of hydrogen-bond acceptors (Lipinski definition) is 3. The van der Waals surface area contributed by atoms with Crippen LogP contribution in [0.15, 0.2) is 53.5 Å². The summed E-state index contributed by atoms with van der Waals surface area (Å²) < 4.78 is 38.2. The zero-order valence-corrected chi connectivity index (χ0v) is 20.9. The first-order valence-electron chi connectivity index (χ1n) is 10.4. The third-order valence-electron chi connectivity index (χ3n) is 5.40. The predicted octanol–water partition coefficient (Wildman–Crippen LogP) is 3.62. The summed E-state index contributed by atoms with van der Waals surface area (Å²) in [5.74, 6) is 0.533. The molecular weight excluding hydrogens is 546 g/mol. The second-order valence-corrected chi connectivity index (χ2v) is 7.77. The van der Waals surface area contributed by atoms with Crippen molar-refractivity contribution in [2.45, 2.75) is 31.7 Å². The largest absolute Gasteiger partial charge is 0.416 e. The van der Waals surface area contributed by atoms with Crippen LogP contribution in [0.2, 0.25) is 0 Å². The van der Waals surface area contributed by atoms with Gasteiger partial charge in [-0.2, -0.15) is 13.2 Å². The molecule has 3 rings (SSSR count). The zero-order chi connectivity index (χ0) is 23.1. The molecule has 6 nitrogen and oxygen atoms in total. The van der Waals surface area contributed by atoms with Gasteiger partial charge in [0.25, 0.3) is 5.91 Å². The number of guanidine groups is 1. The Bertz CT molecular complexity index is 950. The van der Waals surface area contributed by atoms with Gasteiger partial charge in [-0.3, -0.25) is 14.7 Å². The molecular formula is C23H29F3IN5O. The highest BCUT2D eigenvalue weighted by atomic mass is 127. The molecule has 0 spiro atoms. The molecule has 0 aliphatic carbocycles. The highest BCUT2D eigenvalue weighted by Crippen LogP contribution is 2.29. The van der Waals surface area contributed by atoms with Gasteiger partial charge < -0.3 is 16.0 Å². The van der Waals surface area contributed by atoms with E-state index in [0.29, 0.717) is 24.6 Å². The van der Waals surface area contributed by atoms with Crippen molar-refractivity contribution < 1.29 is 18.0 Å². The first kappa shape index (κ1) is 26.9. The minimum atomic E-state index is -4.31. The summed E-state index contributed by atoms with van der Waals surface area (Å²) in [7, 11) is 3.30. The van der Waals surface area contributed by atoms with Crippen LogP contribution in [0.1, 0.15) is 33.5 Å². The van der Waals surface area contributed by atoms with Crippen LogP contribution in [0.3, 0.4) is 0 Å². The van der Waals surface area contributed by atoms with Gasteiger partial charge in [0.05, 0.1) is 5.56 Å². The number of carbonyl (C=O) groups is 1. The molecule has 33 heavy (non-hydrogen) atoms. The van der Waals surface area contributed by atoms with E-state index in [1.165, 1.54) is 12.1 Å². The van der Waals surface area contributed by atoms with Crippen molar-refractivity contribution in [2.24, 2.45) is 4.99 Å². The van der Waals surface area contributed by atoms with E-state index in [9.17, 15) is 18.0 Å². The minimum absolute atomic E-state index is 0. The lowest BCUT2D eigenvalue weighted by Gasteiger charge is -2.19. The van der Waals surface area contributed by atoms with E-state index in [1.54, 1.807) is 20.2 Å². The van der Waals surface area contributed by atoms with Crippen LogP contribution in [0.4, 0.5) is 13.2 Å². The average Bonchev–Trinajstić information content (AvgIpc) is 3.22. The van der Waals surface area contributed by atoms with Crippen LogP contribution in [-0.4, -0.2) is 50.0 Å². The van der Waals surface area contributed by atoms with Gasteiger partial charge in [-0.15, -0.1) is 24.0 Å². The molecule has 0 bridgehead atoms. The first-order valence-corrected chi connectivity index (χ1v) is 10.4. The van der Waals surface area contributed by atoms with Crippen LogP contribution >= 0.6 is 24.0 Å². The number of carbonyl (C=O) groups excluding carboxylic acids is 1. The number of hydrogen-bond donors (Lipinski definition) is 3. The Morgan fingerprint density at radius 2 is 1.88 bits per heavy atom. The lowest BCUT2D eigenvalue weighted by molar-refractivity contribution is -0.137. The van der Waals surface area contributed by atoms with Gasteiger partial charge >= 0.3 is 6.18 Å². The number of aliphatic imine (C=N–C) groups is 1. The smallest absolute Gasteiger partial charge is 0.355 e. The normalized spacial score (nSPS) is 16.8. The van der Waals surface area contributed by atoms with E-state index < -0.39 is 11.7 Å². The van der Waals surface area contributed by atoms with Gasteiger partial charge in [0.2, 0.25) is 0 Å². The van der Waals surface area contributed by atoms with Crippen LogP contribution in [0, 0.1) is 0 Å². The van der Waals surface area contributed by atoms with Gasteiger partial charge in [0.15, 0.2) is 5.96 Å². The van der Waals surface area contributed by atoms with Crippen LogP contribution < -0.4 is 16.0 Å². The number of nitrogens with one attached hydrogen (secondary N) is 3. The maximum Gasteiger partial charge on any atom is 0.416 e.